The van der Waals surface area contributed by atoms with Crippen LogP contribution >= 0.6 is 0 Å². The van der Waals surface area contributed by atoms with Crippen molar-refractivity contribution in [2.24, 2.45) is 5.92 Å². The predicted octanol–water partition coefficient (Wildman–Crippen LogP) is 3.36. The first-order chi connectivity index (χ1) is 17.7. The van der Waals surface area contributed by atoms with Crippen molar-refractivity contribution in [3.05, 3.63) is 59.4 Å². The molecule has 2 aromatic rings. The number of carbonyl (C=O) groups is 1. The molecule has 36 heavy (non-hydrogen) atoms. The summed E-state index contributed by atoms with van der Waals surface area (Å²) in [6.45, 7) is 7.24. The molecule has 2 heterocycles. The van der Waals surface area contributed by atoms with E-state index in [-0.39, 0.29) is 11.9 Å². The molecule has 1 aromatic heterocycles. The molecule has 1 aliphatic carbocycles. The number of nitrogens with one attached hydrogen (secondary N) is 5. The molecule has 0 bridgehead atoms. The van der Waals surface area contributed by atoms with Gasteiger partial charge in [0.15, 0.2) is 0 Å². The number of hydrogen-bond acceptors (Lipinski definition) is 6. The number of benzene rings is 1. The van der Waals surface area contributed by atoms with Crippen molar-refractivity contribution in [2.45, 2.75) is 77.0 Å². The molecule has 0 spiro atoms. The number of carbonyl (C=O) groups excluding carboxylic acids is 1. The molecule has 5 N–H and O–H groups in total. The van der Waals surface area contributed by atoms with Crippen LogP contribution in [0.5, 0.6) is 0 Å². The van der Waals surface area contributed by atoms with Crippen molar-refractivity contribution >= 4 is 11.6 Å². The molecule has 4 rings (SSSR count). The average Bonchev–Trinajstić information content (AvgIpc) is 2.93. The van der Waals surface area contributed by atoms with Crippen LogP contribution in [0.15, 0.2) is 42.6 Å². The van der Waals surface area contributed by atoms with E-state index in [0.29, 0.717) is 19.0 Å². The number of nitrogens with zero attached hydrogens (tertiary/aromatic N) is 1. The molecule has 1 saturated carbocycles. The number of aromatic nitrogens is 1. The molecule has 0 radical (unpaired) electrons. The molecule has 1 fully saturated rings. The minimum absolute atomic E-state index is 0.00306. The van der Waals surface area contributed by atoms with E-state index in [9.17, 15) is 4.79 Å². The number of hydrogen-bond donors (Lipinski definition) is 5. The highest BCUT2D eigenvalue weighted by Gasteiger charge is 2.19. The summed E-state index contributed by atoms with van der Waals surface area (Å²) in [5.41, 5.74) is 4.62. The first-order valence-electron chi connectivity index (χ1n) is 13.9. The van der Waals surface area contributed by atoms with Crippen molar-refractivity contribution in [1.82, 2.24) is 26.3 Å². The summed E-state index contributed by atoms with van der Waals surface area (Å²) in [4.78, 5) is 16.8. The molecule has 2 aliphatic rings. The Balaban J connectivity index is 1.11. The van der Waals surface area contributed by atoms with Crippen LogP contribution in [0.2, 0.25) is 0 Å². The van der Waals surface area contributed by atoms with E-state index in [1.165, 1.54) is 49.8 Å². The molecule has 7 nitrogen and oxygen atoms in total. The van der Waals surface area contributed by atoms with Crippen LogP contribution in [0, 0.1) is 5.92 Å². The Bertz CT molecular complexity index is 931. The number of fused-ring (bicyclic) bond motifs is 1. The smallest absolute Gasteiger partial charge is 0.237 e. The third kappa shape index (κ3) is 8.57. The fraction of sp³-hybridized carbons (Fsp3) is 0.586. The lowest BCUT2D eigenvalue weighted by Gasteiger charge is -2.27. The van der Waals surface area contributed by atoms with Crippen LogP contribution in [0.1, 0.15) is 62.3 Å². The zero-order valence-electron chi connectivity index (χ0n) is 21.8. The monoisotopic (exact) mass is 492 g/mol. The van der Waals surface area contributed by atoms with Gasteiger partial charge in [0.1, 0.15) is 0 Å². The van der Waals surface area contributed by atoms with E-state index in [1.54, 1.807) is 6.20 Å². The highest BCUT2D eigenvalue weighted by atomic mass is 16.2. The molecule has 1 unspecified atom stereocenters. The Morgan fingerprint density at radius 1 is 1.11 bits per heavy atom. The maximum Gasteiger partial charge on any atom is 0.237 e. The Morgan fingerprint density at radius 2 is 2.00 bits per heavy atom. The lowest BCUT2D eigenvalue weighted by molar-refractivity contribution is -0.122. The Kier molecular flexibility index (Phi) is 10.6. The summed E-state index contributed by atoms with van der Waals surface area (Å²) in [7, 11) is 0. The first kappa shape index (κ1) is 26.6. The van der Waals surface area contributed by atoms with Crippen LogP contribution in [0.25, 0.3) is 0 Å². The second-order valence-corrected chi connectivity index (χ2v) is 10.4. The molecule has 196 valence electrons. The van der Waals surface area contributed by atoms with Gasteiger partial charge in [0, 0.05) is 37.6 Å². The first-order valence-corrected chi connectivity index (χ1v) is 13.9. The molecule has 0 saturated heterocycles. The summed E-state index contributed by atoms with van der Waals surface area (Å²) in [5, 5.41) is 17.3. The van der Waals surface area contributed by atoms with Gasteiger partial charge in [-0.1, -0.05) is 37.5 Å². The SMILES string of the molecule is C[C@H](NCc1ccccn1)C(=O)NCc1ccc2c(c1)NCC(CNCCCNC1CCCCC1)C2. The van der Waals surface area contributed by atoms with Crippen LogP contribution in [0.4, 0.5) is 5.69 Å². The predicted molar refractivity (Wildman–Crippen MR) is 147 cm³/mol. The summed E-state index contributed by atoms with van der Waals surface area (Å²) in [5.74, 6) is 0.608. The topological polar surface area (TPSA) is 90.1 Å². The van der Waals surface area contributed by atoms with Gasteiger partial charge in [-0.3, -0.25) is 9.78 Å². The minimum Gasteiger partial charge on any atom is -0.384 e. The number of rotatable bonds is 13. The third-order valence-electron chi connectivity index (χ3n) is 7.44. The van der Waals surface area contributed by atoms with Gasteiger partial charge in [-0.2, -0.15) is 0 Å². The minimum atomic E-state index is -0.279. The van der Waals surface area contributed by atoms with Gasteiger partial charge in [-0.15, -0.1) is 0 Å². The van der Waals surface area contributed by atoms with E-state index >= 15 is 0 Å². The summed E-state index contributed by atoms with van der Waals surface area (Å²) in [6.07, 6.45) is 11.0. The Hall–Kier alpha value is -2.48. The van der Waals surface area contributed by atoms with Crippen molar-refractivity contribution < 1.29 is 4.79 Å². The number of amides is 1. The molecular weight excluding hydrogens is 448 g/mol. The van der Waals surface area contributed by atoms with Gasteiger partial charge in [0.05, 0.1) is 11.7 Å². The number of pyridine rings is 1. The van der Waals surface area contributed by atoms with Gasteiger partial charge in [-0.25, -0.2) is 0 Å². The van der Waals surface area contributed by atoms with Crippen LogP contribution in [-0.2, 0) is 24.3 Å². The molecule has 7 heteroatoms. The highest BCUT2D eigenvalue weighted by molar-refractivity contribution is 5.81. The molecule has 1 aromatic carbocycles. The Labute approximate surface area is 216 Å². The van der Waals surface area contributed by atoms with Gasteiger partial charge in [0.2, 0.25) is 5.91 Å². The summed E-state index contributed by atoms with van der Waals surface area (Å²) >= 11 is 0. The van der Waals surface area contributed by atoms with E-state index in [0.717, 1.165) is 49.9 Å². The fourth-order valence-electron chi connectivity index (χ4n) is 5.19. The molecule has 1 aliphatic heterocycles. The quantitative estimate of drug-likeness (QED) is 0.276. The maximum atomic E-state index is 12.5. The second kappa shape index (κ2) is 14.3. The zero-order chi connectivity index (χ0) is 25.0. The van der Waals surface area contributed by atoms with E-state index in [1.807, 2.05) is 25.1 Å². The third-order valence-corrected chi connectivity index (χ3v) is 7.44. The van der Waals surface area contributed by atoms with Gasteiger partial charge in [-0.05, 0) is 87.5 Å². The van der Waals surface area contributed by atoms with Crippen LogP contribution < -0.4 is 26.6 Å². The Morgan fingerprint density at radius 3 is 2.83 bits per heavy atom. The molecule has 2 atom stereocenters. The lowest BCUT2D eigenvalue weighted by Crippen LogP contribution is -2.41. The maximum absolute atomic E-state index is 12.5. The van der Waals surface area contributed by atoms with E-state index < -0.39 is 0 Å². The van der Waals surface area contributed by atoms with Gasteiger partial charge in [0.25, 0.3) is 0 Å². The second-order valence-electron chi connectivity index (χ2n) is 10.4. The summed E-state index contributed by atoms with van der Waals surface area (Å²) in [6, 6.07) is 12.8. The zero-order valence-corrected chi connectivity index (χ0v) is 21.8. The lowest BCUT2D eigenvalue weighted by atomic mass is 9.93. The molecular formula is C29H44N6O. The standard InChI is InChI=1S/C29H44N6O/c1-22(33-21-27-10-5-6-14-32-27)29(36)35-19-23-11-12-25-16-24(20-34-28(25)17-23)18-30-13-7-15-31-26-8-3-2-4-9-26/h5-6,10-12,14,17,22,24,26,30-31,33-34H,2-4,7-9,13,15-16,18-21H2,1H3,(H,35,36)/t22-,24?/m0/s1. The van der Waals surface area contributed by atoms with E-state index in [4.69, 9.17) is 0 Å². The van der Waals surface area contributed by atoms with Crippen molar-refractivity contribution in [2.75, 3.05) is 31.5 Å². The van der Waals surface area contributed by atoms with Crippen molar-refractivity contribution in [3.8, 4) is 0 Å². The normalized spacial score (nSPS) is 18.8. The average molecular weight is 493 g/mol. The van der Waals surface area contributed by atoms with Crippen molar-refractivity contribution in [3.63, 3.8) is 0 Å². The van der Waals surface area contributed by atoms with Crippen molar-refractivity contribution in [1.29, 1.82) is 0 Å². The fourth-order valence-corrected chi connectivity index (χ4v) is 5.19. The van der Waals surface area contributed by atoms with E-state index in [2.05, 4.69) is 49.8 Å². The summed E-state index contributed by atoms with van der Waals surface area (Å²) < 4.78 is 0. The number of anilines is 1. The van der Waals surface area contributed by atoms with Crippen LogP contribution in [0.3, 0.4) is 0 Å². The van der Waals surface area contributed by atoms with Crippen LogP contribution in [-0.4, -0.2) is 49.2 Å². The largest absolute Gasteiger partial charge is 0.384 e. The molecule has 1 amide bonds. The van der Waals surface area contributed by atoms with Gasteiger partial charge < -0.3 is 26.6 Å². The highest BCUT2D eigenvalue weighted by Crippen LogP contribution is 2.26. The van der Waals surface area contributed by atoms with Gasteiger partial charge >= 0.3 is 0 Å².